The smallest absolute Gasteiger partial charge is 0.247 e. The quantitative estimate of drug-likeness (QED) is 0.190. The summed E-state index contributed by atoms with van der Waals surface area (Å²) in [4.78, 5) is 30.6. The first kappa shape index (κ1) is 28.9. The number of nitrogens with zero attached hydrogens (tertiary/aromatic N) is 6. The Morgan fingerprint density at radius 2 is 2.02 bits per heavy atom. The summed E-state index contributed by atoms with van der Waals surface area (Å²) in [6.07, 6.45) is 10.4. The van der Waals surface area contributed by atoms with Crippen LogP contribution in [0.15, 0.2) is 72.3 Å². The van der Waals surface area contributed by atoms with Crippen LogP contribution in [-0.4, -0.2) is 71.7 Å². The second kappa shape index (κ2) is 12.2. The lowest BCUT2D eigenvalue weighted by Crippen LogP contribution is -2.29. The molecule has 0 aliphatic carbocycles. The van der Waals surface area contributed by atoms with E-state index in [1.807, 2.05) is 33.3 Å². The first-order valence-electron chi connectivity index (χ1n) is 14.5. The summed E-state index contributed by atoms with van der Waals surface area (Å²) in [5.41, 5.74) is 6.93. The highest BCUT2D eigenvalue weighted by atomic mass is 16.5. The van der Waals surface area contributed by atoms with Crippen molar-refractivity contribution in [1.82, 2.24) is 24.4 Å². The zero-order valence-electron chi connectivity index (χ0n) is 25.4. The molecule has 5 aromatic rings. The van der Waals surface area contributed by atoms with Gasteiger partial charge in [-0.3, -0.25) is 4.79 Å². The van der Waals surface area contributed by atoms with Gasteiger partial charge < -0.3 is 34.2 Å². The van der Waals surface area contributed by atoms with Crippen LogP contribution in [0.4, 0.5) is 23.0 Å². The molecule has 0 spiro atoms. The third-order valence-electron chi connectivity index (χ3n) is 7.84. The van der Waals surface area contributed by atoms with Gasteiger partial charge in [-0.15, -0.1) is 0 Å². The summed E-state index contributed by atoms with van der Waals surface area (Å²) in [5, 5.41) is 7.40. The van der Waals surface area contributed by atoms with E-state index in [9.17, 15) is 4.79 Å². The lowest BCUT2D eigenvalue weighted by Gasteiger charge is -2.26. The molecule has 0 bridgehead atoms. The van der Waals surface area contributed by atoms with Crippen LogP contribution < -0.4 is 20.3 Å². The SMILES string of the molecule is C=CC(=O)Nc1cc(Nc2ncc(-c3ncco3)c(-c3cn4c5c(cccc35)CCC4)n2)c(OC)cc1N(C)CCN(C)C. The van der Waals surface area contributed by atoms with Gasteiger partial charge in [0.15, 0.2) is 0 Å². The van der Waals surface area contributed by atoms with Crippen LogP contribution in [-0.2, 0) is 17.8 Å². The van der Waals surface area contributed by atoms with E-state index in [1.54, 1.807) is 25.8 Å². The molecule has 0 unspecified atom stereocenters. The molecule has 2 aromatic carbocycles. The molecule has 1 aliphatic rings. The summed E-state index contributed by atoms with van der Waals surface area (Å²) in [5.74, 6) is 1.05. The molecule has 0 saturated carbocycles. The molecule has 1 amide bonds. The number of oxazole rings is 1. The maximum absolute atomic E-state index is 12.4. The van der Waals surface area contributed by atoms with Gasteiger partial charge in [0.1, 0.15) is 12.0 Å². The van der Waals surface area contributed by atoms with E-state index >= 15 is 0 Å². The van der Waals surface area contributed by atoms with Crippen molar-refractivity contribution in [3.8, 4) is 28.5 Å². The number of hydrogen-bond acceptors (Lipinski definition) is 9. The number of benzene rings is 2. The molecule has 11 nitrogen and oxygen atoms in total. The maximum Gasteiger partial charge on any atom is 0.247 e. The highest BCUT2D eigenvalue weighted by Crippen LogP contribution is 2.41. The Morgan fingerprint density at radius 3 is 2.77 bits per heavy atom. The lowest BCUT2D eigenvalue weighted by molar-refractivity contribution is -0.111. The summed E-state index contributed by atoms with van der Waals surface area (Å²) >= 11 is 0. The molecule has 226 valence electrons. The van der Waals surface area contributed by atoms with Crippen molar-refractivity contribution in [2.24, 2.45) is 0 Å². The molecular weight excluding hydrogens is 556 g/mol. The van der Waals surface area contributed by atoms with Gasteiger partial charge in [-0.05, 0) is 44.6 Å². The second-order valence-electron chi connectivity index (χ2n) is 11.1. The van der Waals surface area contributed by atoms with E-state index in [1.165, 1.54) is 17.2 Å². The number of hydrogen-bond donors (Lipinski definition) is 2. The molecule has 6 rings (SSSR count). The summed E-state index contributed by atoms with van der Waals surface area (Å²) in [7, 11) is 7.63. The van der Waals surface area contributed by atoms with Gasteiger partial charge in [-0.2, -0.15) is 0 Å². The predicted molar refractivity (Wildman–Crippen MR) is 174 cm³/mol. The maximum atomic E-state index is 12.4. The average Bonchev–Trinajstić information content (AvgIpc) is 3.70. The third kappa shape index (κ3) is 5.61. The number of carbonyl (C=O) groups excluding carboxylic acids is 1. The highest BCUT2D eigenvalue weighted by Gasteiger charge is 2.23. The fourth-order valence-corrected chi connectivity index (χ4v) is 5.63. The van der Waals surface area contributed by atoms with Gasteiger partial charge in [0.2, 0.25) is 17.7 Å². The van der Waals surface area contributed by atoms with Crippen molar-refractivity contribution in [2.75, 3.05) is 56.9 Å². The fourth-order valence-electron chi connectivity index (χ4n) is 5.63. The number of para-hydroxylation sites is 1. The Balaban J connectivity index is 1.44. The number of aryl methyl sites for hydroxylation is 2. The molecule has 0 fully saturated rings. The Morgan fingerprint density at radius 1 is 1.16 bits per heavy atom. The van der Waals surface area contributed by atoms with Gasteiger partial charge in [-0.25, -0.2) is 15.0 Å². The largest absolute Gasteiger partial charge is 0.494 e. The van der Waals surface area contributed by atoms with E-state index in [-0.39, 0.29) is 5.91 Å². The molecule has 44 heavy (non-hydrogen) atoms. The lowest BCUT2D eigenvalue weighted by atomic mass is 10.0. The first-order valence-corrected chi connectivity index (χ1v) is 14.5. The number of amides is 1. The topological polar surface area (TPSA) is 114 Å². The van der Waals surface area contributed by atoms with Gasteiger partial charge in [0, 0.05) is 56.1 Å². The molecule has 0 atom stereocenters. The number of methoxy groups -OCH3 is 1. The highest BCUT2D eigenvalue weighted by molar-refractivity contribution is 6.02. The molecular formula is C33H36N8O3. The monoisotopic (exact) mass is 592 g/mol. The van der Waals surface area contributed by atoms with Crippen LogP contribution in [0, 0.1) is 0 Å². The van der Waals surface area contributed by atoms with Crippen LogP contribution >= 0.6 is 0 Å². The van der Waals surface area contributed by atoms with Crippen LogP contribution in [0.25, 0.3) is 33.6 Å². The van der Waals surface area contributed by atoms with Crippen LogP contribution in [0.1, 0.15) is 12.0 Å². The summed E-state index contributed by atoms with van der Waals surface area (Å²) < 4.78 is 13.8. The van der Waals surface area contributed by atoms with E-state index in [0.717, 1.165) is 49.1 Å². The Bertz CT molecular complexity index is 1830. The van der Waals surface area contributed by atoms with Crippen LogP contribution in [0.3, 0.4) is 0 Å². The van der Waals surface area contributed by atoms with E-state index in [0.29, 0.717) is 40.2 Å². The van der Waals surface area contributed by atoms with Crippen molar-refractivity contribution in [3.63, 3.8) is 0 Å². The molecule has 4 heterocycles. The third-order valence-corrected chi connectivity index (χ3v) is 7.84. The van der Waals surface area contributed by atoms with Gasteiger partial charge >= 0.3 is 0 Å². The zero-order chi connectivity index (χ0) is 30.8. The normalized spacial score (nSPS) is 12.4. The molecule has 2 N–H and O–H groups in total. The molecule has 1 aliphatic heterocycles. The van der Waals surface area contributed by atoms with Gasteiger partial charge in [0.25, 0.3) is 0 Å². The first-order chi connectivity index (χ1) is 21.4. The minimum atomic E-state index is -0.315. The Kier molecular flexibility index (Phi) is 8.03. The summed E-state index contributed by atoms with van der Waals surface area (Å²) in [6, 6.07) is 10.1. The number of likely N-dealkylation sites (N-methyl/N-ethyl adjacent to an activating group) is 2. The van der Waals surface area contributed by atoms with E-state index in [4.69, 9.17) is 14.1 Å². The minimum absolute atomic E-state index is 0.315. The van der Waals surface area contributed by atoms with Crippen molar-refractivity contribution in [2.45, 2.75) is 19.4 Å². The molecule has 0 saturated heterocycles. The number of nitrogens with one attached hydrogen (secondary N) is 2. The number of aromatic nitrogens is 4. The number of ether oxygens (including phenoxy) is 1. The number of rotatable bonds is 11. The van der Waals surface area contributed by atoms with Gasteiger partial charge in [0.05, 0.1) is 47.1 Å². The predicted octanol–water partition coefficient (Wildman–Crippen LogP) is 5.57. The van der Waals surface area contributed by atoms with Crippen molar-refractivity contribution >= 4 is 39.8 Å². The van der Waals surface area contributed by atoms with Crippen molar-refractivity contribution in [1.29, 1.82) is 0 Å². The van der Waals surface area contributed by atoms with E-state index < -0.39 is 0 Å². The molecule has 0 radical (unpaired) electrons. The average molecular weight is 593 g/mol. The fraction of sp³-hybridized carbons (Fsp3) is 0.273. The minimum Gasteiger partial charge on any atom is -0.494 e. The molecule has 11 heteroatoms. The van der Waals surface area contributed by atoms with Crippen LogP contribution in [0.5, 0.6) is 5.75 Å². The second-order valence-corrected chi connectivity index (χ2v) is 11.1. The van der Waals surface area contributed by atoms with E-state index in [2.05, 4.69) is 65.9 Å². The van der Waals surface area contributed by atoms with Crippen molar-refractivity contribution < 1.29 is 13.9 Å². The summed E-state index contributed by atoms with van der Waals surface area (Å²) in [6.45, 7) is 6.13. The number of anilines is 4. The van der Waals surface area contributed by atoms with Crippen molar-refractivity contribution in [3.05, 3.63) is 73.4 Å². The zero-order valence-corrected chi connectivity index (χ0v) is 25.4. The Labute approximate surface area is 256 Å². The Hall–Kier alpha value is -5.16. The van der Waals surface area contributed by atoms with Gasteiger partial charge in [-0.1, -0.05) is 24.8 Å². The number of carbonyl (C=O) groups is 1. The standard InChI is InChI=1S/C33H36N8O3/c1-6-29(42)36-25-17-26(28(43-5)18-27(25)40(4)15-14-39(2)3)37-33-35-19-23(32-34-12-16-44-32)30(38-33)24-20-41-13-8-10-21-9-7-11-22(24)31(21)41/h6-7,9,11-12,16-20H,1,8,10,13-15H2,2-5H3,(H,36,42)(H,35,37,38). The molecule has 3 aromatic heterocycles. The van der Waals surface area contributed by atoms with Crippen LogP contribution in [0.2, 0.25) is 0 Å².